The van der Waals surface area contributed by atoms with Crippen LogP contribution in [-0.4, -0.2) is 11.6 Å². The molecule has 5 nitrogen and oxygen atoms in total. The molecule has 1 rings (SSSR count). The highest BCUT2D eigenvalue weighted by molar-refractivity contribution is 6.03. The Morgan fingerprint density at radius 1 is 1.29 bits per heavy atom. The van der Waals surface area contributed by atoms with Gasteiger partial charge in [0.05, 0.1) is 0 Å². The van der Waals surface area contributed by atoms with E-state index in [9.17, 15) is 4.79 Å². The van der Waals surface area contributed by atoms with Gasteiger partial charge >= 0.3 is 0 Å². The van der Waals surface area contributed by atoms with Gasteiger partial charge in [0.15, 0.2) is 11.6 Å². The zero-order chi connectivity index (χ0) is 13.1. The minimum absolute atomic E-state index is 0.0370. The first-order valence-electron chi connectivity index (χ1n) is 5.21. The van der Waals surface area contributed by atoms with Gasteiger partial charge in [-0.15, -0.1) is 5.10 Å². The van der Waals surface area contributed by atoms with Crippen molar-refractivity contribution in [3.8, 4) is 0 Å². The molecule has 0 atom stereocenters. The molecule has 0 radical (unpaired) electrons. The van der Waals surface area contributed by atoms with Crippen LogP contribution in [0.5, 0.6) is 0 Å². The van der Waals surface area contributed by atoms with E-state index in [1.165, 1.54) is 0 Å². The smallest absolute Gasteiger partial charge is 0.168 e. The first-order chi connectivity index (χ1) is 7.86. The summed E-state index contributed by atoms with van der Waals surface area (Å²) in [6.45, 7) is 5.58. The lowest BCUT2D eigenvalue weighted by atomic mass is 9.86. The third-order valence-electron chi connectivity index (χ3n) is 2.26. The molecule has 3 N–H and O–H groups in total. The Morgan fingerprint density at radius 2 is 1.88 bits per heavy atom. The van der Waals surface area contributed by atoms with Crippen molar-refractivity contribution in [1.29, 1.82) is 5.53 Å². The van der Waals surface area contributed by atoms with Crippen LogP contribution in [0.1, 0.15) is 36.7 Å². The lowest BCUT2D eigenvalue weighted by Gasteiger charge is -2.16. The monoisotopic (exact) mass is 232 g/mol. The molecule has 17 heavy (non-hydrogen) atoms. The van der Waals surface area contributed by atoms with Crippen LogP contribution in [0.15, 0.2) is 34.6 Å². The number of carbonyl (C=O) groups is 1. The number of benzene rings is 1. The lowest BCUT2D eigenvalue weighted by molar-refractivity contribution is 0.0858. The maximum absolute atomic E-state index is 12.1. The highest BCUT2D eigenvalue weighted by atomic mass is 16.1. The summed E-state index contributed by atoms with van der Waals surface area (Å²) in [6.07, 6.45) is 0. The number of nitrogens with two attached hydrogens (primary N) is 1. The maximum Gasteiger partial charge on any atom is 0.168 e. The van der Waals surface area contributed by atoms with Crippen molar-refractivity contribution in [3.63, 3.8) is 0 Å². The number of nitrogens with zero attached hydrogens (tertiary/aromatic N) is 2. The minimum atomic E-state index is -0.440. The van der Waals surface area contributed by atoms with Gasteiger partial charge in [-0.05, 0) is 6.07 Å². The second kappa shape index (κ2) is 4.86. The van der Waals surface area contributed by atoms with Gasteiger partial charge in [0.1, 0.15) is 0 Å². The Bertz CT molecular complexity index is 472. The standard InChI is InChI=1S/C12H16N4O/c1-12(2,3)10(17)8-5-4-6-9(7-8)11(13)15-16-14/h4-7H,1-3H3,(H3,13,14,15). The number of amidine groups is 1. The minimum Gasteiger partial charge on any atom is -0.382 e. The van der Waals surface area contributed by atoms with Gasteiger partial charge in [-0.2, -0.15) is 5.53 Å². The molecule has 0 saturated heterocycles. The van der Waals surface area contributed by atoms with Gasteiger partial charge in [0.25, 0.3) is 0 Å². The van der Waals surface area contributed by atoms with Gasteiger partial charge in [0.2, 0.25) is 0 Å². The Kier molecular flexibility index (Phi) is 3.73. The Balaban J connectivity index is 3.14. The fourth-order valence-corrected chi connectivity index (χ4v) is 1.36. The molecule has 0 amide bonds. The summed E-state index contributed by atoms with van der Waals surface area (Å²) < 4.78 is 0. The Labute approximate surface area is 100 Å². The second-order valence-electron chi connectivity index (χ2n) is 4.75. The summed E-state index contributed by atoms with van der Waals surface area (Å²) in [7, 11) is 0. The molecule has 0 heterocycles. The van der Waals surface area contributed by atoms with E-state index in [1.807, 2.05) is 20.8 Å². The molecular formula is C12H16N4O. The molecule has 5 heteroatoms. The van der Waals surface area contributed by atoms with E-state index in [4.69, 9.17) is 11.3 Å². The predicted molar refractivity (Wildman–Crippen MR) is 66.1 cm³/mol. The average Bonchev–Trinajstić information content (AvgIpc) is 2.27. The molecule has 0 saturated carbocycles. The molecule has 1 aromatic rings. The summed E-state index contributed by atoms with van der Waals surface area (Å²) in [6, 6.07) is 6.86. The Morgan fingerprint density at radius 3 is 2.41 bits per heavy atom. The zero-order valence-electron chi connectivity index (χ0n) is 10.2. The van der Waals surface area contributed by atoms with Gasteiger partial charge in [0, 0.05) is 16.5 Å². The molecule has 0 aromatic heterocycles. The fourth-order valence-electron chi connectivity index (χ4n) is 1.36. The molecular weight excluding hydrogens is 216 g/mol. The summed E-state index contributed by atoms with van der Waals surface area (Å²) in [4.78, 5) is 12.1. The van der Waals surface area contributed by atoms with Crippen molar-refractivity contribution in [3.05, 3.63) is 35.4 Å². The van der Waals surface area contributed by atoms with Gasteiger partial charge < -0.3 is 5.73 Å². The van der Waals surface area contributed by atoms with Crippen LogP contribution in [0.2, 0.25) is 0 Å². The summed E-state index contributed by atoms with van der Waals surface area (Å²) in [5, 5.41) is 6.30. The zero-order valence-corrected chi connectivity index (χ0v) is 10.2. The average molecular weight is 232 g/mol. The van der Waals surface area contributed by atoms with Crippen molar-refractivity contribution in [2.24, 2.45) is 21.5 Å². The highest BCUT2D eigenvalue weighted by Crippen LogP contribution is 2.21. The summed E-state index contributed by atoms with van der Waals surface area (Å²) >= 11 is 0. The fraction of sp³-hybridized carbons (Fsp3) is 0.333. The van der Waals surface area contributed by atoms with E-state index in [2.05, 4.69) is 10.3 Å². The van der Waals surface area contributed by atoms with Crippen LogP contribution in [0, 0.1) is 10.9 Å². The van der Waals surface area contributed by atoms with E-state index in [-0.39, 0.29) is 11.6 Å². The van der Waals surface area contributed by atoms with E-state index >= 15 is 0 Å². The number of rotatable bonds is 3. The number of hydrogen-bond donors (Lipinski definition) is 2. The molecule has 0 unspecified atom stereocenters. The number of hydrogen-bond acceptors (Lipinski definition) is 3. The largest absolute Gasteiger partial charge is 0.382 e. The second-order valence-corrected chi connectivity index (χ2v) is 4.75. The van der Waals surface area contributed by atoms with Crippen LogP contribution < -0.4 is 5.73 Å². The van der Waals surface area contributed by atoms with Crippen molar-refractivity contribution in [2.75, 3.05) is 0 Å². The molecule has 0 aliphatic rings. The van der Waals surface area contributed by atoms with Gasteiger partial charge in [-0.1, -0.05) is 44.2 Å². The number of carbonyl (C=O) groups excluding carboxylic acids is 1. The molecule has 0 bridgehead atoms. The van der Waals surface area contributed by atoms with Crippen LogP contribution in [0.4, 0.5) is 0 Å². The van der Waals surface area contributed by atoms with E-state index < -0.39 is 5.41 Å². The van der Waals surface area contributed by atoms with Crippen molar-refractivity contribution < 1.29 is 4.79 Å². The first kappa shape index (κ1) is 13.0. The van der Waals surface area contributed by atoms with Crippen LogP contribution >= 0.6 is 0 Å². The maximum atomic E-state index is 12.1. The van der Waals surface area contributed by atoms with Crippen LogP contribution in [0.3, 0.4) is 0 Å². The van der Waals surface area contributed by atoms with Gasteiger partial charge in [-0.3, -0.25) is 4.79 Å². The lowest BCUT2D eigenvalue weighted by Crippen LogP contribution is -2.21. The highest BCUT2D eigenvalue weighted by Gasteiger charge is 2.23. The third kappa shape index (κ3) is 3.21. The SMILES string of the molecule is CC(C)(C)C(=O)c1cccc(/C(N)=N/N=N)c1. The van der Waals surface area contributed by atoms with Crippen LogP contribution in [0.25, 0.3) is 0 Å². The van der Waals surface area contributed by atoms with Crippen molar-refractivity contribution in [2.45, 2.75) is 20.8 Å². The Hall–Kier alpha value is -2.04. The summed E-state index contributed by atoms with van der Waals surface area (Å²) in [5.74, 6) is 0.165. The molecule has 0 fully saturated rings. The quantitative estimate of drug-likeness (QED) is 0.275. The molecule has 1 aromatic carbocycles. The third-order valence-corrected chi connectivity index (χ3v) is 2.26. The van der Waals surface area contributed by atoms with Gasteiger partial charge in [-0.25, -0.2) is 0 Å². The molecule has 90 valence electrons. The van der Waals surface area contributed by atoms with E-state index in [1.54, 1.807) is 24.3 Å². The molecule has 0 aliphatic heterocycles. The number of ketones is 1. The summed E-state index contributed by atoms with van der Waals surface area (Å²) in [5.41, 5.74) is 13.0. The van der Waals surface area contributed by atoms with E-state index in [0.29, 0.717) is 11.1 Å². The van der Waals surface area contributed by atoms with E-state index in [0.717, 1.165) is 0 Å². The van der Waals surface area contributed by atoms with Crippen molar-refractivity contribution in [1.82, 2.24) is 0 Å². The molecule has 0 aliphatic carbocycles. The predicted octanol–water partition coefficient (Wildman–Crippen LogP) is 2.57. The first-order valence-corrected chi connectivity index (χ1v) is 5.21. The normalized spacial score (nSPS) is 12.3. The topological polar surface area (TPSA) is 91.7 Å². The number of nitrogens with one attached hydrogen (secondary N) is 1. The molecule has 0 spiro atoms. The van der Waals surface area contributed by atoms with Crippen LogP contribution in [-0.2, 0) is 0 Å². The number of Topliss-reactive ketones (excluding diaryl/α,β-unsaturated/α-hetero) is 1. The van der Waals surface area contributed by atoms with Crippen molar-refractivity contribution >= 4 is 11.6 Å².